The Kier molecular flexibility index (Phi) is 3.73. The van der Waals surface area contributed by atoms with Crippen LogP contribution in [-0.2, 0) is 11.3 Å². The number of rotatable bonds is 4. The molecule has 1 fully saturated rings. The van der Waals surface area contributed by atoms with Crippen molar-refractivity contribution in [2.24, 2.45) is 5.73 Å². The zero-order valence-electron chi connectivity index (χ0n) is 10.2. The largest absolute Gasteiger partial charge is 0.388 e. The van der Waals surface area contributed by atoms with E-state index in [-0.39, 0.29) is 6.10 Å². The summed E-state index contributed by atoms with van der Waals surface area (Å²) in [5, 5.41) is 8.21. The van der Waals surface area contributed by atoms with E-state index in [1.54, 1.807) is 0 Å². The van der Waals surface area contributed by atoms with Crippen LogP contribution in [0.15, 0.2) is 0 Å². The van der Waals surface area contributed by atoms with E-state index in [0.29, 0.717) is 16.6 Å². The van der Waals surface area contributed by atoms with Gasteiger partial charge in [0.15, 0.2) is 0 Å². The highest BCUT2D eigenvalue weighted by Crippen LogP contribution is 2.20. The Morgan fingerprint density at radius 1 is 1.65 bits per heavy atom. The summed E-state index contributed by atoms with van der Waals surface area (Å²) in [6, 6.07) is 0. The van der Waals surface area contributed by atoms with Crippen LogP contribution in [0.2, 0.25) is 0 Å². The number of thiocarbonyl (C=S) groups is 1. The van der Waals surface area contributed by atoms with Gasteiger partial charge in [0.2, 0.25) is 0 Å². The topological polar surface area (TPSA) is 66.0 Å². The lowest BCUT2D eigenvalue weighted by molar-refractivity contribution is 0.0925. The van der Waals surface area contributed by atoms with E-state index in [4.69, 9.17) is 22.7 Å². The lowest BCUT2D eigenvalue weighted by atomic mass is 10.1. The molecular formula is C11H18N4OS. The van der Waals surface area contributed by atoms with E-state index in [0.717, 1.165) is 31.7 Å². The standard InChI is InChI=1S/C11H18N4OS/c1-7(2)10-9(11(12)17)13-14-15(10)6-8-4-3-5-16-8/h7-8H,3-6H2,1-2H3,(H2,12,17). The molecule has 5 nitrogen and oxygen atoms in total. The molecule has 0 spiro atoms. The lowest BCUT2D eigenvalue weighted by Crippen LogP contribution is -2.20. The van der Waals surface area contributed by atoms with Crippen LogP contribution in [-0.4, -0.2) is 32.7 Å². The van der Waals surface area contributed by atoms with Gasteiger partial charge in [0.05, 0.1) is 18.3 Å². The molecule has 94 valence electrons. The fraction of sp³-hybridized carbons (Fsp3) is 0.727. The number of nitrogens with zero attached hydrogens (tertiary/aromatic N) is 3. The van der Waals surface area contributed by atoms with Crippen LogP contribution >= 0.6 is 12.2 Å². The van der Waals surface area contributed by atoms with Crippen LogP contribution in [0.4, 0.5) is 0 Å². The van der Waals surface area contributed by atoms with E-state index >= 15 is 0 Å². The Bertz CT molecular complexity index is 410. The molecule has 1 saturated heterocycles. The molecule has 2 heterocycles. The molecule has 1 atom stereocenters. The highest BCUT2D eigenvalue weighted by molar-refractivity contribution is 7.80. The molecule has 6 heteroatoms. The zero-order valence-corrected chi connectivity index (χ0v) is 11.0. The molecule has 1 aromatic heterocycles. The van der Waals surface area contributed by atoms with Gasteiger partial charge in [-0.2, -0.15) is 0 Å². The molecule has 1 aliphatic heterocycles. The average molecular weight is 254 g/mol. The second kappa shape index (κ2) is 5.10. The smallest absolute Gasteiger partial charge is 0.143 e. The number of aromatic nitrogens is 3. The highest BCUT2D eigenvalue weighted by atomic mass is 32.1. The van der Waals surface area contributed by atoms with Crippen molar-refractivity contribution in [1.82, 2.24) is 15.0 Å². The number of hydrogen-bond acceptors (Lipinski definition) is 4. The molecule has 0 radical (unpaired) electrons. The molecule has 1 unspecified atom stereocenters. The quantitative estimate of drug-likeness (QED) is 0.818. The summed E-state index contributed by atoms with van der Waals surface area (Å²) >= 11 is 5.00. The van der Waals surface area contributed by atoms with Gasteiger partial charge in [-0.15, -0.1) is 5.10 Å². The predicted octanol–water partition coefficient (Wildman–Crippen LogP) is 1.21. The van der Waals surface area contributed by atoms with Gasteiger partial charge in [0.1, 0.15) is 10.7 Å². The first-order valence-corrected chi connectivity index (χ1v) is 6.35. The molecule has 1 aliphatic rings. The molecule has 0 bridgehead atoms. The summed E-state index contributed by atoms with van der Waals surface area (Å²) in [7, 11) is 0. The van der Waals surface area contributed by atoms with E-state index in [1.807, 2.05) is 4.68 Å². The SMILES string of the molecule is CC(C)c1c(C(N)=S)nnn1CC1CCCO1. The van der Waals surface area contributed by atoms with Crippen molar-refractivity contribution in [3.05, 3.63) is 11.4 Å². The molecule has 2 rings (SSSR count). The molecule has 17 heavy (non-hydrogen) atoms. The van der Waals surface area contributed by atoms with Crippen molar-refractivity contribution in [2.75, 3.05) is 6.61 Å². The van der Waals surface area contributed by atoms with Gasteiger partial charge in [-0.1, -0.05) is 31.3 Å². The van der Waals surface area contributed by atoms with Gasteiger partial charge in [0, 0.05) is 6.61 Å². The molecular weight excluding hydrogens is 236 g/mol. The highest BCUT2D eigenvalue weighted by Gasteiger charge is 2.22. The second-order valence-corrected chi connectivity index (χ2v) is 5.10. The van der Waals surface area contributed by atoms with Crippen LogP contribution in [0.25, 0.3) is 0 Å². The fourth-order valence-electron chi connectivity index (χ4n) is 2.18. The third kappa shape index (κ3) is 2.63. The van der Waals surface area contributed by atoms with Crippen LogP contribution in [0.5, 0.6) is 0 Å². The Morgan fingerprint density at radius 3 is 2.94 bits per heavy atom. The van der Waals surface area contributed by atoms with Crippen molar-refractivity contribution >= 4 is 17.2 Å². The molecule has 0 aromatic carbocycles. The first-order valence-electron chi connectivity index (χ1n) is 5.94. The average Bonchev–Trinajstić information content (AvgIpc) is 2.86. The minimum absolute atomic E-state index is 0.244. The minimum Gasteiger partial charge on any atom is -0.388 e. The van der Waals surface area contributed by atoms with Gasteiger partial charge < -0.3 is 10.5 Å². The van der Waals surface area contributed by atoms with Crippen molar-refractivity contribution < 1.29 is 4.74 Å². The first kappa shape index (κ1) is 12.4. The normalized spacial score (nSPS) is 20.1. The van der Waals surface area contributed by atoms with Crippen LogP contribution in [0.1, 0.15) is 44.0 Å². The monoisotopic (exact) mass is 254 g/mol. The molecule has 0 amide bonds. The van der Waals surface area contributed by atoms with Crippen molar-refractivity contribution in [3.63, 3.8) is 0 Å². The maximum Gasteiger partial charge on any atom is 0.143 e. The van der Waals surface area contributed by atoms with E-state index in [1.165, 1.54) is 0 Å². The third-order valence-corrected chi connectivity index (χ3v) is 3.15. The van der Waals surface area contributed by atoms with Crippen molar-refractivity contribution in [2.45, 2.75) is 45.3 Å². The summed E-state index contributed by atoms with van der Waals surface area (Å²) in [5.41, 5.74) is 7.31. The summed E-state index contributed by atoms with van der Waals surface area (Å²) < 4.78 is 7.49. The maximum atomic E-state index is 5.66. The maximum absolute atomic E-state index is 5.66. The number of hydrogen-bond donors (Lipinski definition) is 1. The Morgan fingerprint density at radius 2 is 2.41 bits per heavy atom. The molecule has 0 saturated carbocycles. The Labute approximate surface area is 106 Å². The van der Waals surface area contributed by atoms with Gasteiger partial charge in [-0.25, -0.2) is 4.68 Å². The molecule has 1 aromatic rings. The summed E-state index contributed by atoms with van der Waals surface area (Å²) in [4.78, 5) is 0.312. The van der Waals surface area contributed by atoms with E-state index in [9.17, 15) is 0 Å². The number of ether oxygens (including phenoxy) is 1. The van der Waals surface area contributed by atoms with Crippen molar-refractivity contribution in [1.29, 1.82) is 0 Å². The van der Waals surface area contributed by atoms with Crippen molar-refractivity contribution in [3.8, 4) is 0 Å². The van der Waals surface area contributed by atoms with Crippen LogP contribution in [0.3, 0.4) is 0 Å². The van der Waals surface area contributed by atoms with E-state index < -0.39 is 0 Å². The van der Waals surface area contributed by atoms with Crippen LogP contribution in [0, 0.1) is 0 Å². The fourth-order valence-corrected chi connectivity index (χ4v) is 2.33. The van der Waals surface area contributed by atoms with Gasteiger partial charge in [-0.05, 0) is 18.8 Å². The summed E-state index contributed by atoms with van der Waals surface area (Å²) in [5.74, 6) is 0.294. The van der Waals surface area contributed by atoms with Crippen LogP contribution < -0.4 is 5.73 Å². The predicted molar refractivity (Wildman–Crippen MR) is 69.0 cm³/mol. The van der Waals surface area contributed by atoms with Gasteiger partial charge >= 0.3 is 0 Å². The lowest BCUT2D eigenvalue weighted by Gasteiger charge is -2.14. The number of nitrogens with two attached hydrogens (primary N) is 1. The zero-order chi connectivity index (χ0) is 12.4. The molecule has 2 N–H and O–H groups in total. The summed E-state index contributed by atoms with van der Waals surface area (Å²) in [6.45, 7) is 5.76. The van der Waals surface area contributed by atoms with Gasteiger partial charge in [-0.3, -0.25) is 0 Å². The van der Waals surface area contributed by atoms with E-state index in [2.05, 4.69) is 24.2 Å². The van der Waals surface area contributed by atoms with Gasteiger partial charge in [0.25, 0.3) is 0 Å². The molecule has 0 aliphatic carbocycles. The Balaban J connectivity index is 2.23. The Hall–Kier alpha value is -1.01. The minimum atomic E-state index is 0.244. The summed E-state index contributed by atoms with van der Waals surface area (Å²) in [6.07, 6.45) is 2.45. The third-order valence-electron chi connectivity index (χ3n) is 2.95. The first-order chi connectivity index (χ1) is 8.09. The second-order valence-electron chi connectivity index (χ2n) is 4.66.